The Morgan fingerprint density at radius 2 is 1.06 bits per heavy atom. The van der Waals surface area contributed by atoms with Crippen LogP contribution in [0.25, 0.3) is 56.2 Å². The normalized spacial score (nSPS) is 11.0. The number of hydrogen-bond donors (Lipinski definition) is 1. The SMILES string of the molecule is Oc1c(-c2cccc(-c3nc(-c4ccccc4)nc(-c4ccccc4)n3)c2)ccc2cccnc12. The van der Waals surface area contributed by atoms with Gasteiger partial charge in [-0.1, -0.05) is 91.0 Å². The Bertz CT molecular complexity index is 1590. The lowest BCUT2D eigenvalue weighted by molar-refractivity contribution is 0.482. The van der Waals surface area contributed by atoms with Crippen molar-refractivity contribution >= 4 is 10.9 Å². The van der Waals surface area contributed by atoms with Crippen molar-refractivity contribution in [3.05, 3.63) is 115 Å². The van der Waals surface area contributed by atoms with Crippen LogP contribution < -0.4 is 0 Å². The lowest BCUT2D eigenvalue weighted by atomic mass is 10.00. The Morgan fingerprint density at radius 3 is 1.71 bits per heavy atom. The van der Waals surface area contributed by atoms with Crippen molar-refractivity contribution < 1.29 is 5.11 Å². The monoisotopic (exact) mass is 452 g/mol. The number of nitrogens with zero attached hydrogens (tertiary/aromatic N) is 4. The van der Waals surface area contributed by atoms with E-state index in [1.807, 2.05) is 109 Å². The van der Waals surface area contributed by atoms with E-state index >= 15 is 0 Å². The number of phenols is 1. The van der Waals surface area contributed by atoms with E-state index in [1.54, 1.807) is 6.20 Å². The third-order valence-electron chi connectivity index (χ3n) is 5.88. The first kappa shape index (κ1) is 20.7. The highest BCUT2D eigenvalue weighted by Gasteiger charge is 2.14. The second-order valence-corrected chi connectivity index (χ2v) is 8.16. The van der Waals surface area contributed by atoms with Gasteiger partial charge in [-0.05, 0) is 23.8 Å². The average molecular weight is 453 g/mol. The molecule has 0 atom stereocenters. The zero-order valence-corrected chi connectivity index (χ0v) is 18.7. The van der Waals surface area contributed by atoms with Crippen molar-refractivity contribution in [1.29, 1.82) is 0 Å². The highest BCUT2D eigenvalue weighted by molar-refractivity contribution is 5.92. The van der Waals surface area contributed by atoms with Crippen molar-refractivity contribution in [1.82, 2.24) is 19.9 Å². The molecule has 5 heteroatoms. The van der Waals surface area contributed by atoms with Crippen molar-refractivity contribution in [3.8, 4) is 51.0 Å². The summed E-state index contributed by atoms with van der Waals surface area (Å²) < 4.78 is 0. The van der Waals surface area contributed by atoms with Crippen molar-refractivity contribution in [2.45, 2.75) is 0 Å². The number of fused-ring (bicyclic) bond motifs is 1. The largest absolute Gasteiger partial charge is 0.505 e. The number of hydrogen-bond acceptors (Lipinski definition) is 5. The summed E-state index contributed by atoms with van der Waals surface area (Å²) in [5, 5.41) is 11.8. The summed E-state index contributed by atoms with van der Waals surface area (Å²) in [7, 11) is 0. The van der Waals surface area contributed by atoms with E-state index in [4.69, 9.17) is 15.0 Å². The first-order chi connectivity index (χ1) is 17.3. The molecule has 35 heavy (non-hydrogen) atoms. The first-order valence-electron chi connectivity index (χ1n) is 11.3. The minimum atomic E-state index is 0.158. The Morgan fingerprint density at radius 1 is 0.486 bits per heavy atom. The van der Waals surface area contributed by atoms with Crippen LogP contribution in [0.15, 0.2) is 115 Å². The minimum absolute atomic E-state index is 0.158. The molecule has 2 heterocycles. The van der Waals surface area contributed by atoms with E-state index in [1.165, 1.54) is 0 Å². The lowest BCUT2D eigenvalue weighted by Gasteiger charge is -2.11. The highest BCUT2D eigenvalue weighted by atomic mass is 16.3. The first-order valence-corrected chi connectivity index (χ1v) is 11.3. The van der Waals surface area contributed by atoms with Gasteiger partial charge in [0.1, 0.15) is 11.3 Å². The molecule has 0 aliphatic rings. The fourth-order valence-corrected chi connectivity index (χ4v) is 4.13. The van der Waals surface area contributed by atoms with Crippen LogP contribution in [0.3, 0.4) is 0 Å². The fraction of sp³-hybridized carbons (Fsp3) is 0. The molecule has 0 saturated carbocycles. The number of aromatic hydroxyl groups is 1. The van der Waals surface area contributed by atoms with Gasteiger partial charge in [0, 0.05) is 33.8 Å². The molecule has 1 N–H and O–H groups in total. The predicted octanol–water partition coefficient (Wildman–Crippen LogP) is 6.79. The van der Waals surface area contributed by atoms with Crippen LogP contribution in [0.1, 0.15) is 0 Å². The van der Waals surface area contributed by atoms with Crippen molar-refractivity contribution in [2.24, 2.45) is 0 Å². The van der Waals surface area contributed by atoms with Crippen LogP contribution in [-0.4, -0.2) is 25.0 Å². The van der Waals surface area contributed by atoms with Gasteiger partial charge in [0.25, 0.3) is 0 Å². The third-order valence-corrected chi connectivity index (χ3v) is 5.88. The molecule has 0 saturated heterocycles. The van der Waals surface area contributed by atoms with Crippen LogP contribution in [0.5, 0.6) is 5.75 Å². The fourth-order valence-electron chi connectivity index (χ4n) is 4.13. The predicted molar refractivity (Wildman–Crippen MR) is 139 cm³/mol. The molecule has 0 spiro atoms. The molecule has 2 aromatic heterocycles. The summed E-state index contributed by atoms with van der Waals surface area (Å²) >= 11 is 0. The maximum atomic E-state index is 10.9. The zero-order valence-electron chi connectivity index (χ0n) is 18.7. The van der Waals surface area contributed by atoms with Crippen LogP contribution in [0, 0.1) is 0 Å². The quantitative estimate of drug-likeness (QED) is 0.319. The maximum Gasteiger partial charge on any atom is 0.164 e. The van der Waals surface area contributed by atoms with Gasteiger partial charge in [0.15, 0.2) is 17.5 Å². The van der Waals surface area contributed by atoms with Gasteiger partial charge in [-0.25, -0.2) is 15.0 Å². The molecular formula is C30H20N4O. The number of phenolic OH excluding ortho intramolecular Hbond substituents is 1. The Hall–Kier alpha value is -4.90. The van der Waals surface area contributed by atoms with E-state index in [0.29, 0.717) is 28.6 Å². The van der Waals surface area contributed by atoms with Gasteiger partial charge < -0.3 is 5.11 Å². The highest BCUT2D eigenvalue weighted by Crippen LogP contribution is 2.36. The summed E-state index contributed by atoms with van der Waals surface area (Å²) in [6.45, 7) is 0. The molecule has 0 amide bonds. The summed E-state index contributed by atoms with van der Waals surface area (Å²) in [6.07, 6.45) is 1.68. The van der Waals surface area contributed by atoms with Gasteiger partial charge in [-0.15, -0.1) is 0 Å². The molecular weight excluding hydrogens is 432 g/mol. The van der Waals surface area contributed by atoms with E-state index in [9.17, 15) is 5.11 Å². The lowest BCUT2D eigenvalue weighted by Crippen LogP contribution is -2.00. The second-order valence-electron chi connectivity index (χ2n) is 8.16. The molecule has 0 aliphatic carbocycles. The van der Waals surface area contributed by atoms with Gasteiger partial charge >= 0.3 is 0 Å². The van der Waals surface area contributed by atoms with Gasteiger partial charge in [0.2, 0.25) is 0 Å². The van der Waals surface area contributed by atoms with Crippen molar-refractivity contribution in [2.75, 3.05) is 0 Å². The average Bonchev–Trinajstić information content (AvgIpc) is 2.94. The molecule has 0 unspecified atom stereocenters. The zero-order chi connectivity index (χ0) is 23.6. The standard InChI is InChI=1S/C30H20N4O/c35-27-25(17-16-20-15-8-18-31-26(20)27)23-13-7-14-24(19-23)30-33-28(21-9-3-1-4-10-21)32-29(34-30)22-11-5-2-6-12-22/h1-19,35H. The minimum Gasteiger partial charge on any atom is -0.505 e. The van der Waals surface area contributed by atoms with Gasteiger partial charge in [-0.2, -0.15) is 0 Å². The van der Waals surface area contributed by atoms with Crippen LogP contribution in [0.4, 0.5) is 0 Å². The molecule has 5 nitrogen and oxygen atoms in total. The van der Waals surface area contributed by atoms with Gasteiger partial charge in [-0.3, -0.25) is 4.98 Å². The Balaban J connectivity index is 1.50. The van der Waals surface area contributed by atoms with Crippen LogP contribution >= 0.6 is 0 Å². The topological polar surface area (TPSA) is 71.8 Å². The molecule has 4 aromatic carbocycles. The number of benzene rings is 4. The molecule has 0 radical (unpaired) electrons. The Kier molecular flexibility index (Phi) is 5.20. The molecule has 6 aromatic rings. The van der Waals surface area contributed by atoms with E-state index < -0.39 is 0 Å². The number of rotatable bonds is 4. The molecule has 166 valence electrons. The second kappa shape index (κ2) is 8.80. The summed E-state index contributed by atoms with van der Waals surface area (Å²) in [5.41, 5.74) is 4.81. The van der Waals surface area contributed by atoms with Gasteiger partial charge in [0.05, 0.1) is 0 Å². The molecule has 0 aliphatic heterocycles. The summed E-state index contributed by atoms with van der Waals surface area (Å²) in [6, 6.07) is 35.3. The molecule has 0 bridgehead atoms. The summed E-state index contributed by atoms with van der Waals surface area (Å²) in [5.74, 6) is 1.94. The van der Waals surface area contributed by atoms with E-state index in [0.717, 1.165) is 27.6 Å². The Labute approximate surface area is 202 Å². The van der Waals surface area contributed by atoms with Crippen LogP contribution in [0.2, 0.25) is 0 Å². The third kappa shape index (κ3) is 4.00. The smallest absolute Gasteiger partial charge is 0.164 e. The van der Waals surface area contributed by atoms with E-state index in [2.05, 4.69) is 4.98 Å². The molecule has 6 rings (SSSR count). The van der Waals surface area contributed by atoms with Crippen LogP contribution in [-0.2, 0) is 0 Å². The maximum absolute atomic E-state index is 10.9. The molecule has 0 fully saturated rings. The van der Waals surface area contributed by atoms with E-state index in [-0.39, 0.29) is 5.75 Å². The number of pyridine rings is 1. The summed E-state index contributed by atoms with van der Waals surface area (Å²) in [4.78, 5) is 18.7. The van der Waals surface area contributed by atoms with Crippen molar-refractivity contribution in [3.63, 3.8) is 0 Å². The number of aromatic nitrogens is 4.